The van der Waals surface area contributed by atoms with E-state index in [4.69, 9.17) is 4.74 Å². The zero-order valence-corrected chi connectivity index (χ0v) is 14.6. The van der Waals surface area contributed by atoms with Crippen LogP contribution in [0.15, 0.2) is 18.5 Å². The fourth-order valence-electron chi connectivity index (χ4n) is 2.69. The van der Waals surface area contributed by atoms with Crippen LogP contribution in [0.5, 0.6) is 0 Å². The first kappa shape index (κ1) is 18.1. The van der Waals surface area contributed by atoms with Gasteiger partial charge in [0.1, 0.15) is 0 Å². The topological polar surface area (TPSA) is 83.6 Å². The Bertz CT molecular complexity index is 586. The molecule has 0 spiro atoms. The largest absolute Gasteiger partial charge is 0.384 e. The van der Waals surface area contributed by atoms with Gasteiger partial charge < -0.3 is 10.1 Å². The Morgan fingerprint density at radius 2 is 2.09 bits per heavy atom. The van der Waals surface area contributed by atoms with Crippen LogP contribution in [-0.4, -0.2) is 57.6 Å². The van der Waals surface area contributed by atoms with Crippen LogP contribution in [0.1, 0.15) is 18.4 Å². The van der Waals surface area contributed by atoms with E-state index in [1.54, 1.807) is 19.5 Å². The number of methoxy groups -OCH3 is 1. The molecule has 0 aromatic carbocycles. The molecule has 1 saturated heterocycles. The molecule has 0 bridgehead atoms. The molecule has 0 radical (unpaired) electrons. The van der Waals surface area contributed by atoms with E-state index in [1.165, 1.54) is 4.31 Å². The highest BCUT2D eigenvalue weighted by molar-refractivity contribution is 7.87. The van der Waals surface area contributed by atoms with Crippen molar-refractivity contribution in [3.63, 3.8) is 0 Å². The smallest absolute Gasteiger partial charge is 0.279 e. The number of hydrogen-bond acceptors (Lipinski definition) is 5. The summed E-state index contributed by atoms with van der Waals surface area (Å²) >= 11 is 0. The summed E-state index contributed by atoms with van der Waals surface area (Å²) in [4.78, 5) is 4.03. The average molecular weight is 342 g/mol. The molecule has 0 atom stereocenters. The van der Waals surface area contributed by atoms with Crippen LogP contribution in [0, 0.1) is 12.8 Å². The molecule has 0 unspecified atom stereocenters. The molecule has 2 N–H and O–H groups in total. The number of ether oxygens (including phenoxy) is 1. The van der Waals surface area contributed by atoms with Gasteiger partial charge in [-0.3, -0.25) is 4.98 Å². The number of piperidine rings is 1. The summed E-state index contributed by atoms with van der Waals surface area (Å²) in [5, 5.41) is 3.21. The molecule has 1 fully saturated rings. The molecular weight excluding hydrogens is 316 g/mol. The molecule has 2 heterocycles. The quantitative estimate of drug-likeness (QED) is 0.689. The van der Waals surface area contributed by atoms with Gasteiger partial charge in [-0.15, -0.1) is 0 Å². The highest BCUT2D eigenvalue weighted by Gasteiger charge is 2.27. The van der Waals surface area contributed by atoms with E-state index in [9.17, 15) is 8.42 Å². The maximum absolute atomic E-state index is 12.3. The third kappa shape index (κ3) is 5.42. The van der Waals surface area contributed by atoms with Gasteiger partial charge >= 0.3 is 0 Å². The molecule has 1 aromatic rings. The Kier molecular flexibility index (Phi) is 6.76. The second-order valence-electron chi connectivity index (χ2n) is 5.81. The van der Waals surface area contributed by atoms with Crippen LogP contribution in [0.3, 0.4) is 0 Å². The average Bonchev–Trinajstić information content (AvgIpc) is 2.54. The van der Waals surface area contributed by atoms with Gasteiger partial charge in [0.25, 0.3) is 10.2 Å². The van der Waals surface area contributed by atoms with Gasteiger partial charge in [0, 0.05) is 58.0 Å². The van der Waals surface area contributed by atoms with Crippen LogP contribution in [0.2, 0.25) is 0 Å². The lowest BCUT2D eigenvalue weighted by atomic mass is 9.99. The Morgan fingerprint density at radius 3 is 2.74 bits per heavy atom. The van der Waals surface area contributed by atoms with E-state index in [1.807, 2.05) is 13.0 Å². The predicted molar refractivity (Wildman–Crippen MR) is 90.6 cm³/mol. The first-order chi connectivity index (χ1) is 11.0. The van der Waals surface area contributed by atoms with Crippen LogP contribution in [0.25, 0.3) is 0 Å². The summed E-state index contributed by atoms with van der Waals surface area (Å²) in [6.07, 6.45) is 5.19. The number of hydrogen-bond donors (Lipinski definition) is 2. The number of nitrogens with one attached hydrogen (secondary N) is 2. The highest BCUT2D eigenvalue weighted by Crippen LogP contribution is 2.19. The predicted octanol–water partition coefficient (Wildman–Crippen LogP) is 0.995. The molecule has 8 heteroatoms. The van der Waals surface area contributed by atoms with Crippen molar-refractivity contribution in [3.05, 3.63) is 24.0 Å². The third-order valence-electron chi connectivity index (χ3n) is 4.06. The van der Waals surface area contributed by atoms with Crippen LogP contribution in [-0.2, 0) is 14.9 Å². The molecule has 1 aromatic heterocycles. The summed E-state index contributed by atoms with van der Waals surface area (Å²) < 4.78 is 33.9. The molecule has 0 saturated carbocycles. The number of nitrogens with zero attached hydrogens (tertiary/aromatic N) is 2. The number of aryl methyl sites for hydroxylation is 1. The van der Waals surface area contributed by atoms with Gasteiger partial charge in [-0.2, -0.15) is 12.7 Å². The summed E-state index contributed by atoms with van der Waals surface area (Å²) in [5.41, 5.74) is 2.01. The lowest BCUT2D eigenvalue weighted by Crippen LogP contribution is -2.46. The van der Waals surface area contributed by atoms with Crippen LogP contribution >= 0.6 is 0 Å². The van der Waals surface area contributed by atoms with Crippen molar-refractivity contribution in [1.82, 2.24) is 14.0 Å². The van der Waals surface area contributed by atoms with Crippen molar-refractivity contribution in [2.24, 2.45) is 5.92 Å². The second kappa shape index (κ2) is 8.58. The van der Waals surface area contributed by atoms with Gasteiger partial charge in [0.2, 0.25) is 0 Å². The monoisotopic (exact) mass is 342 g/mol. The first-order valence-electron chi connectivity index (χ1n) is 7.91. The molecule has 7 nitrogen and oxygen atoms in total. The Balaban J connectivity index is 1.73. The molecule has 130 valence electrons. The van der Waals surface area contributed by atoms with Crippen molar-refractivity contribution in [2.45, 2.75) is 19.8 Å². The number of anilines is 1. The maximum Gasteiger partial charge on any atom is 0.279 e. The van der Waals surface area contributed by atoms with Crippen molar-refractivity contribution < 1.29 is 13.2 Å². The van der Waals surface area contributed by atoms with E-state index in [0.29, 0.717) is 38.7 Å². The molecule has 1 aliphatic heterocycles. The summed E-state index contributed by atoms with van der Waals surface area (Å²) in [5.74, 6) is 0.461. The Hall–Kier alpha value is -1.22. The number of pyridine rings is 1. The van der Waals surface area contributed by atoms with Crippen molar-refractivity contribution in [1.29, 1.82) is 0 Å². The lowest BCUT2D eigenvalue weighted by Gasteiger charge is -2.30. The fraction of sp³-hybridized carbons (Fsp3) is 0.667. The molecule has 0 aliphatic carbocycles. The number of aromatic nitrogens is 1. The highest BCUT2D eigenvalue weighted by atomic mass is 32.2. The minimum absolute atomic E-state index is 0.349. The Labute approximate surface area is 138 Å². The summed E-state index contributed by atoms with van der Waals surface area (Å²) in [7, 11) is -1.71. The normalized spacial score (nSPS) is 17.3. The van der Waals surface area contributed by atoms with Gasteiger partial charge in [-0.25, -0.2) is 4.72 Å². The Morgan fingerprint density at radius 1 is 1.35 bits per heavy atom. The second-order valence-corrected chi connectivity index (χ2v) is 7.57. The maximum atomic E-state index is 12.3. The first-order valence-corrected chi connectivity index (χ1v) is 9.35. The number of rotatable bonds is 8. The van der Waals surface area contributed by atoms with Gasteiger partial charge in [-0.05, 0) is 37.3 Å². The minimum Gasteiger partial charge on any atom is -0.384 e. The molecular formula is C15H26N4O3S. The fourth-order valence-corrected chi connectivity index (χ4v) is 3.93. The van der Waals surface area contributed by atoms with Gasteiger partial charge in [0.05, 0.1) is 0 Å². The van der Waals surface area contributed by atoms with E-state index in [2.05, 4.69) is 15.0 Å². The van der Waals surface area contributed by atoms with Crippen molar-refractivity contribution >= 4 is 15.9 Å². The van der Waals surface area contributed by atoms with Crippen molar-refractivity contribution in [2.75, 3.05) is 45.2 Å². The lowest BCUT2D eigenvalue weighted by molar-refractivity contribution is 0.121. The van der Waals surface area contributed by atoms with Crippen LogP contribution < -0.4 is 10.0 Å². The molecule has 0 amide bonds. The van der Waals surface area contributed by atoms with E-state index >= 15 is 0 Å². The van der Waals surface area contributed by atoms with Gasteiger partial charge in [-0.1, -0.05) is 0 Å². The third-order valence-corrected chi connectivity index (χ3v) is 5.67. The van der Waals surface area contributed by atoms with E-state index < -0.39 is 10.2 Å². The standard InChI is InChI=1S/C15H26N4O3S/c1-13-11-16-6-3-15(13)17-7-8-18-23(20,21)19-9-4-14(5-10-19)12-22-2/h3,6,11,14,18H,4-5,7-10,12H2,1-2H3,(H,16,17). The summed E-state index contributed by atoms with van der Waals surface area (Å²) in [6.45, 7) is 4.66. The van der Waals surface area contributed by atoms with E-state index in [0.717, 1.165) is 24.1 Å². The zero-order chi connectivity index (χ0) is 16.7. The summed E-state index contributed by atoms with van der Waals surface area (Å²) in [6, 6.07) is 1.88. The minimum atomic E-state index is -3.40. The van der Waals surface area contributed by atoms with E-state index in [-0.39, 0.29) is 0 Å². The SMILES string of the molecule is COCC1CCN(S(=O)(=O)NCCNc2ccncc2C)CC1. The molecule has 2 rings (SSSR count). The van der Waals surface area contributed by atoms with Crippen LogP contribution in [0.4, 0.5) is 5.69 Å². The zero-order valence-electron chi connectivity index (χ0n) is 13.8. The molecule has 1 aliphatic rings. The van der Waals surface area contributed by atoms with Crippen molar-refractivity contribution in [3.8, 4) is 0 Å². The molecule has 23 heavy (non-hydrogen) atoms. The van der Waals surface area contributed by atoms with Gasteiger partial charge in [0.15, 0.2) is 0 Å².